The number of aryl methyl sites for hydroxylation is 1. The Labute approximate surface area is 129 Å². The normalized spacial score (nSPS) is 15.5. The first kappa shape index (κ1) is 16.2. The van der Waals surface area contributed by atoms with E-state index in [0.717, 1.165) is 5.57 Å². The lowest BCUT2D eigenvalue weighted by atomic mass is 10.2. The fraction of sp³-hybridized carbons (Fsp3) is 0.533. The molecule has 7 heteroatoms. The molecule has 2 amide bonds. The zero-order valence-corrected chi connectivity index (χ0v) is 13.3. The molecule has 2 rings (SSSR count). The maximum atomic E-state index is 11.9. The predicted molar refractivity (Wildman–Crippen MR) is 82.3 cm³/mol. The molecule has 0 atom stereocenters. The van der Waals surface area contributed by atoms with E-state index >= 15 is 0 Å². The SMILES string of the molecule is CC(C)=CC(=O)N1CCN(CC(=O)Nc2cc(C)on2)CC1. The van der Waals surface area contributed by atoms with Crippen molar-refractivity contribution in [2.45, 2.75) is 20.8 Å². The predicted octanol–water partition coefficient (Wildman–Crippen LogP) is 1.03. The minimum absolute atomic E-state index is 0.0437. The van der Waals surface area contributed by atoms with Gasteiger partial charge in [0.1, 0.15) is 5.76 Å². The zero-order chi connectivity index (χ0) is 16.1. The first-order valence-corrected chi connectivity index (χ1v) is 7.33. The molecule has 1 aliphatic heterocycles. The fourth-order valence-electron chi connectivity index (χ4n) is 2.28. The highest BCUT2D eigenvalue weighted by molar-refractivity contribution is 5.91. The maximum Gasteiger partial charge on any atom is 0.246 e. The molecule has 1 fully saturated rings. The van der Waals surface area contributed by atoms with Gasteiger partial charge in [-0.3, -0.25) is 14.5 Å². The number of hydrogen-bond donors (Lipinski definition) is 1. The summed E-state index contributed by atoms with van der Waals surface area (Å²) in [6.45, 7) is 8.52. The summed E-state index contributed by atoms with van der Waals surface area (Å²) in [5.74, 6) is 1.00. The molecule has 1 saturated heterocycles. The summed E-state index contributed by atoms with van der Waals surface area (Å²) in [5.41, 5.74) is 0.995. The third-order valence-corrected chi connectivity index (χ3v) is 3.36. The molecular weight excluding hydrogens is 284 g/mol. The molecule has 0 saturated carbocycles. The molecule has 0 unspecified atom stereocenters. The number of hydrogen-bond acceptors (Lipinski definition) is 5. The van der Waals surface area contributed by atoms with Gasteiger partial charge in [0.05, 0.1) is 6.54 Å². The molecule has 120 valence electrons. The summed E-state index contributed by atoms with van der Waals surface area (Å²) >= 11 is 0. The lowest BCUT2D eigenvalue weighted by molar-refractivity contribution is -0.128. The number of nitrogens with zero attached hydrogens (tertiary/aromatic N) is 3. The van der Waals surface area contributed by atoms with Crippen molar-refractivity contribution in [2.24, 2.45) is 0 Å². The standard InChI is InChI=1S/C15H22N4O3/c1-11(2)8-15(21)19-6-4-18(5-7-19)10-14(20)16-13-9-12(3)22-17-13/h8-9H,4-7,10H2,1-3H3,(H,16,17,20). The van der Waals surface area contributed by atoms with E-state index < -0.39 is 0 Å². The highest BCUT2D eigenvalue weighted by Gasteiger charge is 2.21. The summed E-state index contributed by atoms with van der Waals surface area (Å²) in [4.78, 5) is 27.7. The monoisotopic (exact) mass is 306 g/mol. The number of nitrogens with one attached hydrogen (secondary N) is 1. The van der Waals surface area contributed by atoms with Crippen LogP contribution < -0.4 is 5.32 Å². The quantitative estimate of drug-likeness (QED) is 0.841. The zero-order valence-electron chi connectivity index (χ0n) is 13.3. The molecule has 1 N–H and O–H groups in total. The Morgan fingerprint density at radius 2 is 2.00 bits per heavy atom. The first-order chi connectivity index (χ1) is 10.4. The smallest absolute Gasteiger partial charge is 0.246 e. The van der Waals surface area contributed by atoms with E-state index in [1.54, 1.807) is 19.1 Å². The Morgan fingerprint density at radius 1 is 1.32 bits per heavy atom. The van der Waals surface area contributed by atoms with Crippen LogP contribution in [0.1, 0.15) is 19.6 Å². The largest absolute Gasteiger partial charge is 0.360 e. The van der Waals surface area contributed by atoms with E-state index in [0.29, 0.717) is 37.8 Å². The third kappa shape index (κ3) is 4.70. The Morgan fingerprint density at radius 3 is 2.55 bits per heavy atom. The van der Waals surface area contributed by atoms with Crippen LogP contribution in [0.3, 0.4) is 0 Å². The third-order valence-electron chi connectivity index (χ3n) is 3.36. The fourth-order valence-corrected chi connectivity index (χ4v) is 2.28. The van der Waals surface area contributed by atoms with Gasteiger partial charge in [0, 0.05) is 38.3 Å². The highest BCUT2D eigenvalue weighted by atomic mass is 16.5. The van der Waals surface area contributed by atoms with Gasteiger partial charge in [0.15, 0.2) is 5.82 Å². The number of allylic oxidation sites excluding steroid dienone is 1. The number of rotatable bonds is 4. The number of aromatic nitrogens is 1. The second kappa shape index (κ2) is 7.22. The Balaban J connectivity index is 1.76. The van der Waals surface area contributed by atoms with Gasteiger partial charge >= 0.3 is 0 Å². The number of piperazine rings is 1. The van der Waals surface area contributed by atoms with E-state index in [1.165, 1.54) is 0 Å². The molecule has 1 aromatic heterocycles. The number of amides is 2. The molecule has 0 aromatic carbocycles. The van der Waals surface area contributed by atoms with Crippen LogP contribution in [-0.2, 0) is 9.59 Å². The summed E-state index contributed by atoms with van der Waals surface area (Å²) in [5, 5.41) is 6.42. The number of carbonyl (C=O) groups is 2. The van der Waals surface area contributed by atoms with Gasteiger partial charge in [-0.15, -0.1) is 0 Å². The molecule has 0 aliphatic carbocycles. The van der Waals surface area contributed by atoms with Gasteiger partial charge in [-0.25, -0.2) is 0 Å². The molecule has 0 radical (unpaired) electrons. The van der Waals surface area contributed by atoms with Gasteiger partial charge < -0.3 is 14.7 Å². The summed E-state index contributed by atoms with van der Waals surface area (Å²) in [7, 11) is 0. The average molecular weight is 306 g/mol. The summed E-state index contributed by atoms with van der Waals surface area (Å²) in [6, 6.07) is 1.67. The number of anilines is 1. The van der Waals surface area contributed by atoms with Crippen molar-refractivity contribution in [1.82, 2.24) is 15.0 Å². The van der Waals surface area contributed by atoms with Crippen molar-refractivity contribution >= 4 is 17.6 Å². The van der Waals surface area contributed by atoms with Crippen LogP contribution in [0.2, 0.25) is 0 Å². The van der Waals surface area contributed by atoms with Crippen LogP contribution in [0.25, 0.3) is 0 Å². The van der Waals surface area contributed by atoms with Crippen LogP contribution >= 0.6 is 0 Å². The van der Waals surface area contributed by atoms with Gasteiger partial charge in [0.2, 0.25) is 11.8 Å². The van der Waals surface area contributed by atoms with Crippen molar-refractivity contribution in [1.29, 1.82) is 0 Å². The van der Waals surface area contributed by atoms with Crippen molar-refractivity contribution in [3.05, 3.63) is 23.5 Å². The topological polar surface area (TPSA) is 78.7 Å². The minimum atomic E-state index is -0.127. The molecule has 7 nitrogen and oxygen atoms in total. The van der Waals surface area contributed by atoms with Gasteiger partial charge in [-0.05, 0) is 20.8 Å². The van der Waals surface area contributed by atoms with Crippen LogP contribution in [0.15, 0.2) is 22.2 Å². The van der Waals surface area contributed by atoms with Crippen molar-refractivity contribution in [3.63, 3.8) is 0 Å². The molecular formula is C15H22N4O3. The van der Waals surface area contributed by atoms with Gasteiger partial charge in [-0.2, -0.15) is 0 Å². The molecule has 22 heavy (non-hydrogen) atoms. The van der Waals surface area contributed by atoms with Crippen LogP contribution in [0, 0.1) is 6.92 Å². The maximum absolute atomic E-state index is 11.9. The first-order valence-electron chi connectivity index (χ1n) is 7.33. The molecule has 2 heterocycles. The van der Waals surface area contributed by atoms with Crippen LogP contribution in [-0.4, -0.2) is 59.5 Å². The average Bonchev–Trinajstić information content (AvgIpc) is 2.83. The second-order valence-corrected chi connectivity index (χ2v) is 5.69. The lowest BCUT2D eigenvalue weighted by Gasteiger charge is -2.33. The van der Waals surface area contributed by atoms with Crippen molar-refractivity contribution in [3.8, 4) is 0 Å². The Kier molecular flexibility index (Phi) is 5.32. The van der Waals surface area contributed by atoms with E-state index in [9.17, 15) is 9.59 Å². The van der Waals surface area contributed by atoms with E-state index in [1.807, 2.05) is 23.6 Å². The van der Waals surface area contributed by atoms with Crippen LogP contribution in [0.5, 0.6) is 0 Å². The van der Waals surface area contributed by atoms with E-state index in [2.05, 4.69) is 10.5 Å². The molecule has 0 spiro atoms. The molecule has 0 bridgehead atoms. The van der Waals surface area contributed by atoms with Gasteiger partial charge in [-0.1, -0.05) is 10.7 Å². The highest BCUT2D eigenvalue weighted by Crippen LogP contribution is 2.08. The lowest BCUT2D eigenvalue weighted by Crippen LogP contribution is -2.50. The number of carbonyl (C=O) groups excluding carboxylic acids is 2. The van der Waals surface area contributed by atoms with Crippen molar-refractivity contribution in [2.75, 3.05) is 38.0 Å². The van der Waals surface area contributed by atoms with Gasteiger partial charge in [0.25, 0.3) is 0 Å². The van der Waals surface area contributed by atoms with Crippen molar-refractivity contribution < 1.29 is 14.1 Å². The van der Waals surface area contributed by atoms with E-state index in [-0.39, 0.29) is 18.4 Å². The van der Waals surface area contributed by atoms with E-state index in [4.69, 9.17) is 4.52 Å². The Hall–Kier alpha value is -2.15. The summed E-state index contributed by atoms with van der Waals surface area (Å²) in [6.07, 6.45) is 1.65. The Bertz CT molecular complexity index is 567. The van der Waals surface area contributed by atoms with Crippen LogP contribution in [0.4, 0.5) is 5.82 Å². The molecule has 1 aromatic rings. The summed E-state index contributed by atoms with van der Waals surface area (Å²) < 4.78 is 4.90. The molecule has 1 aliphatic rings. The second-order valence-electron chi connectivity index (χ2n) is 5.69. The minimum Gasteiger partial charge on any atom is -0.360 e.